The van der Waals surface area contributed by atoms with Gasteiger partial charge in [0.25, 0.3) is 0 Å². The van der Waals surface area contributed by atoms with Crippen LogP contribution in [0.15, 0.2) is 29.2 Å². The van der Waals surface area contributed by atoms with E-state index in [0.717, 1.165) is 37.7 Å². The summed E-state index contributed by atoms with van der Waals surface area (Å²) in [5.41, 5.74) is 0. The van der Waals surface area contributed by atoms with Crippen molar-refractivity contribution < 1.29 is 22.7 Å². The predicted octanol–water partition coefficient (Wildman–Crippen LogP) is 2.86. The molecule has 1 aliphatic heterocycles. The Morgan fingerprint density at radius 1 is 1.27 bits per heavy atom. The van der Waals surface area contributed by atoms with E-state index in [-0.39, 0.29) is 16.1 Å². The van der Waals surface area contributed by atoms with Crippen LogP contribution in [0.3, 0.4) is 0 Å². The van der Waals surface area contributed by atoms with Crippen LogP contribution in [0.5, 0.6) is 5.75 Å². The summed E-state index contributed by atoms with van der Waals surface area (Å²) in [6, 6.07) is 6.31. The first-order valence-corrected chi connectivity index (χ1v) is 12.9. The van der Waals surface area contributed by atoms with Crippen LogP contribution in [0.2, 0.25) is 0 Å². The van der Waals surface area contributed by atoms with Gasteiger partial charge >= 0.3 is 0 Å². The Balaban J connectivity index is 2.13. The molecule has 1 aromatic carbocycles. The van der Waals surface area contributed by atoms with Gasteiger partial charge < -0.3 is 9.47 Å². The number of benzene rings is 1. The van der Waals surface area contributed by atoms with E-state index >= 15 is 0 Å². The van der Waals surface area contributed by atoms with E-state index in [0.29, 0.717) is 44.4 Å². The lowest BCUT2D eigenvalue weighted by Crippen LogP contribution is -2.46. The van der Waals surface area contributed by atoms with E-state index in [1.165, 1.54) is 11.2 Å². The van der Waals surface area contributed by atoms with Gasteiger partial charge in [-0.3, -0.25) is 9.69 Å². The van der Waals surface area contributed by atoms with Gasteiger partial charge in [-0.25, -0.2) is 8.42 Å². The molecule has 1 heterocycles. The lowest BCUT2D eigenvalue weighted by molar-refractivity contribution is -0.109. The second-order valence-electron chi connectivity index (χ2n) is 7.39. The van der Waals surface area contributed by atoms with Crippen LogP contribution in [-0.2, 0) is 19.6 Å². The van der Waals surface area contributed by atoms with Crippen LogP contribution in [0.25, 0.3) is 0 Å². The molecule has 0 aromatic heterocycles. The van der Waals surface area contributed by atoms with Crippen molar-refractivity contribution in [2.24, 2.45) is 0 Å². The molecule has 0 bridgehead atoms. The zero-order chi connectivity index (χ0) is 22.0. The third kappa shape index (κ3) is 7.85. The second-order valence-corrected chi connectivity index (χ2v) is 10.5. The van der Waals surface area contributed by atoms with Crippen LogP contribution in [0, 0.1) is 0 Å². The molecule has 1 aromatic rings. The SMILES string of the molecule is CCCCOc1ccc(S(=O)(=O)N(CCN2CCOCC2)[C@H](C)CSC(C)=O)cc1. The van der Waals surface area contributed by atoms with Gasteiger partial charge in [0.2, 0.25) is 10.0 Å². The molecule has 0 spiro atoms. The number of nitrogens with zero attached hydrogens (tertiary/aromatic N) is 2. The van der Waals surface area contributed by atoms with Gasteiger partial charge in [-0.2, -0.15) is 4.31 Å². The number of ether oxygens (including phenoxy) is 2. The number of unbranched alkanes of at least 4 members (excludes halogenated alkanes) is 1. The average molecular weight is 459 g/mol. The van der Waals surface area contributed by atoms with Crippen molar-refractivity contribution in [2.45, 2.75) is 44.6 Å². The molecule has 1 saturated heterocycles. The fourth-order valence-corrected chi connectivity index (χ4v) is 5.51. The van der Waals surface area contributed by atoms with Crippen molar-refractivity contribution in [1.82, 2.24) is 9.21 Å². The molecule has 30 heavy (non-hydrogen) atoms. The summed E-state index contributed by atoms with van der Waals surface area (Å²) in [5, 5.41) is -0.0130. The van der Waals surface area contributed by atoms with Crippen LogP contribution >= 0.6 is 11.8 Å². The van der Waals surface area contributed by atoms with E-state index < -0.39 is 10.0 Å². The van der Waals surface area contributed by atoms with Gasteiger partial charge in [0.15, 0.2) is 5.12 Å². The Labute approximate surface area is 185 Å². The van der Waals surface area contributed by atoms with Crippen LogP contribution in [0.1, 0.15) is 33.6 Å². The molecule has 0 N–H and O–H groups in total. The van der Waals surface area contributed by atoms with Crippen molar-refractivity contribution in [3.63, 3.8) is 0 Å². The largest absolute Gasteiger partial charge is 0.494 e. The first-order chi connectivity index (χ1) is 14.3. The Morgan fingerprint density at radius 3 is 2.53 bits per heavy atom. The highest BCUT2D eigenvalue weighted by molar-refractivity contribution is 8.13. The molecule has 2 rings (SSSR count). The maximum atomic E-state index is 13.4. The summed E-state index contributed by atoms with van der Waals surface area (Å²) >= 11 is 1.16. The van der Waals surface area contributed by atoms with E-state index in [1.807, 2.05) is 6.92 Å². The molecule has 170 valence electrons. The zero-order valence-corrected chi connectivity index (χ0v) is 19.8. The highest BCUT2D eigenvalue weighted by atomic mass is 32.2. The van der Waals surface area contributed by atoms with Crippen molar-refractivity contribution in [3.05, 3.63) is 24.3 Å². The Bertz CT molecular complexity index is 749. The van der Waals surface area contributed by atoms with E-state index in [1.54, 1.807) is 24.3 Å². The van der Waals surface area contributed by atoms with Crippen LogP contribution in [-0.4, -0.2) is 80.5 Å². The molecule has 1 aliphatic rings. The summed E-state index contributed by atoms with van der Waals surface area (Å²) in [4.78, 5) is 13.9. The first-order valence-electron chi connectivity index (χ1n) is 10.5. The summed E-state index contributed by atoms with van der Waals surface area (Å²) in [6.07, 6.45) is 2.00. The average Bonchev–Trinajstić information content (AvgIpc) is 2.73. The van der Waals surface area contributed by atoms with E-state index in [4.69, 9.17) is 9.47 Å². The molecule has 0 amide bonds. The number of rotatable bonds is 12. The van der Waals surface area contributed by atoms with Crippen molar-refractivity contribution in [1.29, 1.82) is 0 Å². The molecular formula is C21H34N2O5S2. The molecule has 0 aliphatic carbocycles. The van der Waals surface area contributed by atoms with Gasteiger partial charge in [0.05, 0.1) is 24.7 Å². The monoisotopic (exact) mass is 458 g/mol. The molecule has 0 unspecified atom stereocenters. The minimum atomic E-state index is -3.70. The number of carbonyl (C=O) groups excluding carboxylic acids is 1. The van der Waals surface area contributed by atoms with Crippen molar-refractivity contribution >= 4 is 26.9 Å². The first kappa shape index (κ1) is 25.1. The number of sulfonamides is 1. The second kappa shape index (κ2) is 12.7. The smallest absolute Gasteiger partial charge is 0.243 e. The lowest BCUT2D eigenvalue weighted by Gasteiger charge is -2.32. The van der Waals surface area contributed by atoms with Gasteiger partial charge in [-0.15, -0.1) is 0 Å². The van der Waals surface area contributed by atoms with E-state index in [2.05, 4.69) is 11.8 Å². The lowest BCUT2D eigenvalue weighted by atomic mass is 10.3. The molecule has 0 saturated carbocycles. The summed E-state index contributed by atoms with van der Waals surface area (Å²) < 4.78 is 39.4. The van der Waals surface area contributed by atoms with Crippen LogP contribution in [0.4, 0.5) is 0 Å². The third-order valence-electron chi connectivity index (χ3n) is 4.96. The van der Waals surface area contributed by atoms with E-state index in [9.17, 15) is 13.2 Å². The quantitative estimate of drug-likeness (QED) is 0.446. The van der Waals surface area contributed by atoms with Crippen LogP contribution < -0.4 is 4.74 Å². The normalized spacial score (nSPS) is 16.5. The molecule has 1 fully saturated rings. The minimum absolute atomic E-state index is 0.0130. The van der Waals surface area contributed by atoms with Crippen molar-refractivity contribution in [2.75, 3.05) is 51.8 Å². The maximum Gasteiger partial charge on any atom is 0.243 e. The zero-order valence-electron chi connectivity index (χ0n) is 18.2. The molecular weight excluding hydrogens is 424 g/mol. The topological polar surface area (TPSA) is 76.2 Å². The Morgan fingerprint density at radius 2 is 1.93 bits per heavy atom. The predicted molar refractivity (Wildman–Crippen MR) is 121 cm³/mol. The number of thioether (sulfide) groups is 1. The van der Waals surface area contributed by atoms with Gasteiger partial charge in [-0.05, 0) is 37.6 Å². The third-order valence-corrected chi connectivity index (χ3v) is 8.04. The molecule has 7 nitrogen and oxygen atoms in total. The summed E-state index contributed by atoms with van der Waals surface area (Å²) in [7, 11) is -3.70. The minimum Gasteiger partial charge on any atom is -0.494 e. The van der Waals surface area contributed by atoms with Gasteiger partial charge in [-0.1, -0.05) is 25.1 Å². The van der Waals surface area contributed by atoms with Gasteiger partial charge in [0.1, 0.15) is 5.75 Å². The molecule has 0 radical (unpaired) electrons. The fraction of sp³-hybridized carbons (Fsp3) is 0.667. The fourth-order valence-electron chi connectivity index (χ4n) is 3.14. The highest BCUT2D eigenvalue weighted by Gasteiger charge is 2.30. The molecule has 9 heteroatoms. The van der Waals surface area contributed by atoms with Crippen molar-refractivity contribution in [3.8, 4) is 5.75 Å². The number of carbonyl (C=O) groups is 1. The number of hydrogen-bond donors (Lipinski definition) is 0. The standard InChI is InChI=1S/C21H34N2O5S2/c1-4-5-14-28-20-6-8-21(9-7-20)30(25,26)23(18(2)17-29-19(3)24)11-10-22-12-15-27-16-13-22/h6-9,18H,4-5,10-17H2,1-3H3/t18-/m1/s1. The Hall–Kier alpha value is -1.13. The Kier molecular flexibility index (Phi) is 10.6. The molecule has 1 atom stereocenters. The maximum absolute atomic E-state index is 13.4. The number of morpholine rings is 1. The summed E-state index contributed by atoms with van der Waals surface area (Å²) in [5.74, 6) is 1.10. The van der Waals surface area contributed by atoms with Gasteiger partial charge in [0, 0.05) is 44.9 Å². The number of hydrogen-bond acceptors (Lipinski definition) is 7. The summed E-state index contributed by atoms with van der Waals surface area (Å²) in [6.45, 7) is 10.0. The highest BCUT2D eigenvalue weighted by Crippen LogP contribution is 2.23.